The van der Waals surface area contributed by atoms with E-state index in [1.165, 1.54) is 4.90 Å². The zero-order valence-corrected chi connectivity index (χ0v) is 39.4. The van der Waals surface area contributed by atoms with Gasteiger partial charge in [0.2, 0.25) is 33.6 Å². The van der Waals surface area contributed by atoms with E-state index in [9.17, 15) is 22.8 Å². The second-order valence-electron chi connectivity index (χ2n) is 20.3. The van der Waals surface area contributed by atoms with Gasteiger partial charge in [-0.25, -0.2) is 23.2 Å². The molecule has 3 aromatic rings. The van der Waals surface area contributed by atoms with Crippen LogP contribution in [0.5, 0.6) is 17.5 Å². The van der Waals surface area contributed by atoms with Crippen molar-refractivity contribution in [2.75, 3.05) is 13.7 Å². The molecule has 16 nitrogen and oxygen atoms in total. The molecule has 0 radical (unpaired) electrons. The Morgan fingerprint density at radius 1 is 0.985 bits per heavy atom. The first kappa shape index (κ1) is 45.7. The van der Waals surface area contributed by atoms with Crippen molar-refractivity contribution >= 4 is 44.6 Å². The summed E-state index contributed by atoms with van der Waals surface area (Å²) in [7, 11) is -2.45. The number of allylic oxidation sites excluding steroid dienone is 1. The van der Waals surface area contributed by atoms with E-state index in [2.05, 4.69) is 27.3 Å². The van der Waals surface area contributed by atoms with E-state index in [0.717, 1.165) is 31.1 Å². The molecule has 4 aliphatic carbocycles. The number of methoxy groups -OCH3 is 1. The van der Waals surface area contributed by atoms with E-state index in [4.69, 9.17) is 23.9 Å². The zero-order valence-electron chi connectivity index (χ0n) is 38.6. The van der Waals surface area contributed by atoms with Gasteiger partial charge in [0.25, 0.3) is 5.91 Å². The molecule has 4 saturated carbocycles. The van der Waals surface area contributed by atoms with E-state index in [-0.39, 0.29) is 49.3 Å². The summed E-state index contributed by atoms with van der Waals surface area (Å²) in [6.45, 7) is 9.42. The first-order valence-corrected chi connectivity index (χ1v) is 25.0. The lowest BCUT2D eigenvalue weighted by Gasteiger charge is -2.33. The van der Waals surface area contributed by atoms with E-state index in [1.54, 1.807) is 32.4 Å². The summed E-state index contributed by atoms with van der Waals surface area (Å²) in [5, 5.41) is 7.31. The number of aromatic nitrogens is 2. The average molecular weight is 927 g/mol. The van der Waals surface area contributed by atoms with Crippen molar-refractivity contribution < 1.29 is 46.5 Å². The van der Waals surface area contributed by atoms with E-state index < -0.39 is 68.2 Å². The Morgan fingerprint density at radius 3 is 2.45 bits per heavy atom. The van der Waals surface area contributed by atoms with Gasteiger partial charge in [0, 0.05) is 35.6 Å². The van der Waals surface area contributed by atoms with Crippen molar-refractivity contribution in [3.05, 3.63) is 54.7 Å². The third-order valence-electron chi connectivity index (χ3n) is 14.7. The second kappa shape index (κ2) is 17.6. The Kier molecular flexibility index (Phi) is 12.2. The molecule has 66 heavy (non-hydrogen) atoms. The number of alkyl carbamates (subject to hydrolysis) is 1. The predicted octanol–water partition coefficient (Wildman–Crippen LogP) is 6.22. The summed E-state index contributed by atoms with van der Waals surface area (Å²) in [4.78, 5) is 68.7. The molecule has 0 bridgehead atoms. The summed E-state index contributed by atoms with van der Waals surface area (Å²) in [6, 6.07) is 8.82. The van der Waals surface area contributed by atoms with Crippen molar-refractivity contribution in [1.29, 1.82) is 0 Å². The van der Waals surface area contributed by atoms with Gasteiger partial charge < -0.3 is 34.5 Å². The number of carbonyl (C=O) groups excluding carboxylic acids is 4. The summed E-state index contributed by atoms with van der Waals surface area (Å²) >= 11 is 0. The number of pyridine rings is 2. The number of rotatable bonds is 11. The average Bonchev–Trinajstić information content (AvgIpc) is 4.23. The highest BCUT2D eigenvalue weighted by Gasteiger charge is 2.63. The molecule has 2 aliphatic heterocycles. The van der Waals surface area contributed by atoms with Gasteiger partial charge in [0.1, 0.15) is 35.6 Å². The summed E-state index contributed by atoms with van der Waals surface area (Å²) in [5.74, 6) is -0.0862. The lowest BCUT2D eigenvalue weighted by atomic mass is 9.88. The highest BCUT2D eigenvalue weighted by atomic mass is 32.2. The Hall–Kier alpha value is -5.45. The molecule has 1 aromatic carbocycles. The van der Waals surface area contributed by atoms with Crippen LogP contribution >= 0.6 is 0 Å². The molecule has 5 fully saturated rings. The van der Waals surface area contributed by atoms with Crippen LogP contribution < -0.4 is 29.6 Å². The normalized spacial score (nSPS) is 31.8. The maximum atomic E-state index is 15.2. The Bertz CT molecular complexity index is 2520. The number of fused-ring (bicyclic) bond motifs is 4. The molecule has 3 N–H and O–H groups in total. The lowest BCUT2D eigenvalue weighted by Crippen LogP contribution is -2.59. The second-order valence-corrected chi connectivity index (χ2v) is 22.5. The van der Waals surface area contributed by atoms with Gasteiger partial charge >= 0.3 is 6.09 Å². The van der Waals surface area contributed by atoms with Crippen LogP contribution in [0.2, 0.25) is 0 Å². The van der Waals surface area contributed by atoms with Crippen LogP contribution in [0, 0.1) is 29.6 Å². The molecule has 17 heteroatoms. The molecule has 0 spiro atoms. The fourth-order valence-corrected chi connectivity index (χ4v) is 11.5. The minimum atomic E-state index is -4.03. The van der Waals surface area contributed by atoms with Gasteiger partial charge in [-0.15, -0.1) is 0 Å². The predicted molar refractivity (Wildman–Crippen MR) is 245 cm³/mol. The molecular formula is C49H62N6O10S. The number of ether oxygens (including phenoxy) is 4. The number of benzene rings is 1. The maximum Gasteiger partial charge on any atom is 0.408 e. The summed E-state index contributed by atoms with van der Waals surface area (Å²) in [6.07, 6.45) is 9.68. The third-order valence-corrected chi connectivity index (χ3v) is 16.8. The van der Waals surface area contributed by atoms with Crippen molar-refractivity contribution in [3.8, 4) is 28.8 Å². The Labute approximate surface area is 386 Å². The number of amides is 4. The van der Waals surface area contributed by atoms with Crippen molar-refractivity contribution in [1.82, 2.24) is 30.2 Å². The number of nitrogens with zero attached hydrogens (tertiary/aromatic N) is 3. The highest BCUT2D eigenvalue weighted by Crippen LogP contribution is 2.53. The molecule has 354 valence electrons. The number of hydrogen-bond acceptors (Lipinski definition) is 12. The van der Waals surface area contributed by atoms with Gasteiger partial charge in [0.15, 0.2) is 0 Å². The quantitative estimate of drug-likeness (QED) is 0.184. The number of hydrogen-bond donors (Lipinski definition) is 3. The summed E-state index contributed by atoms with van der Waals surface area (Å²) < 4.78 is 52.0. The van der Waals surface area contributed by atoms with Gasteiger partial charge in [-0.1, -0.05) is 26.0 Å². The fourth-order valence-electron chi connectivity index (χ4n) is 10.2. The molecular weight excluding hydrogens is 865 g/mol. The van der Waals surface area contributed by atoms with Gasteiger partial charge in [-0.2, -0.15) is 0 Å². The van der Waals surface area contributed by atoms with Gasteiger partial charge in [0.05, 0.1) is 30.2 Å². The maximum absolute atomic E-state index is 15.2. The van der Waals surface area contributed by atoms with Crippen LogP contribution in [-0.2, 0) is 29.1 Å². The van der Waals surface area contributed by atoms with Crippen molar-refractivity contribution in [2.45, 2.75) is 140 Å². The number of carbonyl (C=O) groups is 4. The fraction of sp³-hybridized carbons (Fsp3) is 0.592. The van der Waals surface area contributed by atoms with Crippen LogP contribution in [0.4, 0.5) is 4.79 Å². The Balaban J connectivity index is 1.05. The lowest BCUT2D eigenvalue weighted by molar-refractivity contribution is -0.142. The van der Waals surface area contributed by atoms with Gasteiger partial charge in [-0.3, -0.25) is 19.1 Å². The SMILES string of the molecule is COc1ccc2c(OC3C[C@H]4C(=O)N[C@]5(C(=O)NS(=O)(=O)C6(C)CC6)CC5/C=C\CC[C@@H](C)C[C@@H](C)[C@H](NC(=O)OC5C[C@@H]6C[C@@H]6C5)C(=O)N4C3)nc(-c3ccc(OC(C)C)nc3)cc2c1. The van der Waals surface area contributed by atoms with Crippen molar-refractivity contribution in [2.24, 2.45) is 29.6 Å². The topological polar surface area (TPSA) is 204 Å². The molecule has 10 atom stereocenters. The van der Waals surface area contributed by atoms with Crippen LogP contribution in [0.25, 0.3) is 22.0 Å². The minimum absolute atomic E-state index is 0.00526. The minimum Gasteiger partial charge on any atom is -0.497 e. The standard InChI is InChI=1S/C49H62N6O10S/c1-27(2)63-41-14-11-30(25-50-41)39-22-33-21-35(62-6)12-13-38(33)44(51-39)64-37-23-40-43(56)53-49(46(58)54-66(60,61)48(5)15-16-48)24-34(49)10-8-7-9-28(3)17-29(4)42(45(57)55(40)26-37)52-47(59)65-36-19-31-18-32(31)20-36/h8,10-14,21-22,25,27-29,31-32,34,36-37,40,42H,7,9,15-20,23-24,26H2,1-6H3,(H,52,59)(H,53,56)(H,54,58)/b10-8-/t28-,29-,31-,32+,34?,36?,37?,40+,42+,49-/m1/s1. The van der Waals surface area contributed by atoms with E-state index >= 15 is 4.79 Å². The summed E-state index contributed by atoms with van der Waals surface area (Å²) in [5.41, 5.74) is -0.309. The highest BCUT2D eigenvalue weighted by molar-refractivity contribution is 7.91. The molecule has 6 aliphatic rings. The molecule has 4 heterocycles. The first-order valence-electron chi connectivity index (χ1n) is 23.6. The van der Waals surface area contributed by atoms with Crippen LogP contribution in [-0.4, -0.2) is 101 Å². The van der Waals surface area contributed by atoms with Crippen LogP contribution in [0.15, 0.2) is 54.7 Å². The van der Waals surface area contributed by atoms with E-state index in [0.29, 0.717) is 65.8 Å². The van der Waals surface area contributed by atoms with E-state index in [1.807, 2.05) is 57.2 Å². The van der Waals surface area contributed by atoms with Gasteiger partial charge in [-0.05, 0) is 138 Å². The smallest absolute Gasteiger partial charge is 0.408 e. The third kappa shape index (κ3) is 9.41. The molecule has 1 saturated heterocycles. The molecule has 3 unspecified atom stereocenters. The monoisotopic (exact) mass is 926 g/mol. The van der Waals surface area contributed by atoms with Crippen LogP contribution in [0.1, 0.15) is 98.8 Å². The Morgan fingerprint density at radius 2 is 1.76 bits per heavy atom. The molecule has 9 rings (SSSR count). The largest absolute Gasteiger partial charge is 0.497 e. The number of nitrogens with one attached hydrogen (secondary N) is 3. The van der Waals surface area contributed by atoms with Crippen LogP contribution in [0.3, 0.4) is 0 Å². The molecule has 2 aromatic heterocycles. The van der Waals surface area contributed by atoms with Crippen molar-refractivity contribution in [3.63, 3.8) is 0 Å². The molecule has 4 amide bonds. The zero-order chi connectivity index (χ0) is 46.7. The number of sulfonamides is 1. The first-order chi connectivity index (χ1) is 31.4.